The van der Waals surface area contributed by atoms with Crippen molar-refractivity contribution in [1.82, 2.24) is 0 Å². The summed E-state index contributed by atoms with van der Waals surface area (Å²) in [7, 11) is 0. The van der Waals surface area contributed by atoms with Crippen molar-refractivity contribution < 1.29 is 19.2 Å². The van der Waals surface area contributed by atoms with Gasteiger partial charge in [0, 0.05) is 11.5 Å². The number of nitrogens with one attached hydrogen (secondary N) is 1. The van der Waals surface area contributed by atoms with Crippen molar-refractivity contribution in [3.63, 3.8) is 0 Å². The maximum atomic E-state index is 13.1. The smallest absolute Gasteiger partial charge is 0.313 e. The molecule has 2 fully saturated rings. The maximum Gasteiger partial charge on any atom is 0.313 e. The Morgan fingerprint density at radius 1 is 1.24 bits per heavy atom. The molecule has 1 saturated carbocycles. The fraction of sp³-hybridized carbons (Fsp3) is 0.556. The summed E-state index contributed by atoms with van der Waals surface area (Å²) in [5.74, 6) is -0.879. The van der Waals surface area contributed by atoms with E-state index < -0.39 is 27.3 Å². The molecule has 0 radical (unpaired) electrons. The molecule has 3 rings (SSSR count). The molecular formula is C18H22N2O5. The highest BCUT2D eigenvalue weighted by Gasteiger charge is 2.75. The van der Waals surface area contributed by atoms with E-state index in [-0.39, 0.29) is 17.3 Å². The Morgan fingerprint density at radius 2 is 1.88 bits per heavy atom. The second kappa shape index (κ2) is 5.03. The first-order valence-electron chi connectivity index (χ1n) is 8.27. The Morgan fingerprint density at radius 3 is 2.36 bits per heavy atom. The third-order valence-corrected chi connectivity index (χ3v) is 6.34. The molecule has 2 atom stereocenters. The fourth-order valence-electron chi connectivity index (χ4n) is 4.21. The third kappa shape index (κ3) is 2.04. The molecule has 2 bridgehead atoms. The number of amides is 1. The van der Waals surface area contributed by atoms with Gasteiger partial charge in [-0.1, -0.05) is 19.9 Å². The van der Waals surface area contributed by atoms with E-state index in [1.807, 2.05) is 20.8 Å². The summed E-state index contributed by atoms with van der Waals surface area (Å²) in [6.07, 6.45) is 0.966. The number of carbonyl (C=O) groups excluding carboxylic acids is 2. The van der Waals surface area contributed by atoms with Crippen LogP contribution in [0.3, 0.4) is 0 Å². The molecular weight excluding hydrogens is 324 g/mol. The van der Waals surface area contributed by atoms with Gasteiger partial charge in [-0.25, -0.2) is 0 Å². The van der Waals surface area contributed by atoms with Crippen LogP contribution in [0.2, 0.25) is 0 Å². The van der Waals surface area contributed by atoms with Crippen LogP contribution in [0.15, 0.2) is 12.1 Å². The lowest BCUT2D eigenvalue weighted by Gasteiger charge is -2.35. The minimum absolute atomic E-state index is 0.155. The number of ether oxygens (including phenoxy) is 1. The molecule has 2 aliphatic rings. The van der Waals surface area contributed by atoms with Crippen LogP contribution in [0.5, 0.6) is 0 Å². The highest BCUT2D eigenvalue weighted by atomic mass is 16.6. The van der Waals surface area contributed by atoms with Crippen molar-refractivity contribution in [2.24, 2.45) is 10.8 Å². The van der Waals surface area contributed by atoms with Gasteiger partial charge in [0.1, 0.15) is 5.69 Å². The number of anilines is 1. The predicted octanol–water partition coefficient (Wildman–Crippen LogP) is 3.27. The van der Waals surface area contributed by atoms with Gasteiger partial charge < -0.3 is 10.1 Å². The van der Waals surface area contributed by atoms with Crippen LogP contribution < -0.4 is 5.32 Å². The van der Waals surface area contributed by atoms with Gasteiger partial charge in [-0.05, 0) is 44.7 Å². The number of carbonyl (C=O) groups is 2. The molecule has 0 spiro atoms. The predicted molar refractivity (Wildman–Crippen MR) is 91.1 cm³/mol. The zero-order valence-corrected chi connectivity index (χ0v) is 15.1. The molecule has 1 N–H and O–H groups in total. The number of benzene rings is 1. The second-order valence-corrected chi connectivity index (χ2v) is 7.86. The highest BCUT2D eigenvalue weighted by molar-refractivity contribution is 6.04. The summed E-state index contributed by atoms with van der Waals surface area (Å²) in [6.45, 7) is 8.98. The standard InChI is InChI=1S/C18H22N2O5/c1-10-8-11(2)13(12(9-10)20(23)24)19-14(21)18-7-6-17(5,15(22)25-18)16(18,3)4/h8-9H,6-7H2,1-5H3,(H,19,21)/t17-,18+/m1/s1. The van der Waals surface area contributed by atoms with Crippen molar-refractivity contribution in [3.05, 3.63) is 33.4 Å². The minimum atomic E-state index is -1.30. The van der Waals surface area contributed by atoms with Crippen LogP contribution in [0.1, 0.15) is 44.7 Å². The van der Waals surface area contributed by atoms with Crippen LogP contribution in [0, 0.1) is 34.8 Å². The van der Waals surface area contributed by atoms with Crippen LogP contribution in [0.25, 0.3) is 0 Å². The van der Waals surface area contributed by atoms with Gasteiger partial charge in [0.15, 0.2) is 5.60 Å². The number of esters is 1. The molecule has 0 unspecified atom stereocenters. The largest absolute Gasteiger partial charge is 0.448 e. The summed E-state index contributed by atoms with van der Waals surface area (Å²) in [4.78, 5) is 36.3. The monoisotopic (exact) mass is 346 g/mol. The number of nitrogens with zero attached hydrogens (tertiary/aromatic N) is 1. The topological polar surface area (TPSA) is 98.5 Å². The molecule has 1 aliphatic carbocycles. The molecule has 1 saturated heterocycles. The van der Waals surface area contributed by atoms with E-state index in [0.717, 1.165) is 5.56 Å². The lowest BCUT2D eigenvalue weighted by atomic mass is 9.66. The number of nitro benzene ring substituents is 1. The number of rotatable bonds is 3. The van der Waals surface area contributed by atoms with Crippen molar-refractivity contribution in [2.45, 2.75) is 53.1 Å². The normalized spacial score (nSPS) is 29.4. The lowest BCUT2D eigenvalue weighted by Crippen LogP contribution is -2.50. The molecule has 1 aromatic carbocycles. The zero-order valence-electron chi connectivity index (χ0n) is 15.1. The van der Waals surface area contributed by atoms with Crippen molar-refractivity contribution in [3.8, 4) is 0 Å². The Bertz CT molecular complexity index is 816. The summed E-state index contributed by atoms with van der Waals surface area (Å²) < 4.78 is 5.54. The van der Waals surface area contributed by atoms with E-state index in [4.69, 9.17) is 4.74 Å². The third-order valence-electron chi connectivity index (χ3n) is 6.34. The number of hydrogen-bond donors (Lipinski definition) is 1. The number of fused-ring (bicyclic) bond motifs is 2. The lowest BCUT2D eigenvalue weighted by molar-refractivity contribution is -0.384. The summed E-state index contributed by atoms with van der Waals surface area (Å²) >= 11 is 0. The molecule has 1 aliphatic heterocycles. The van der Waals surface area contributed by atoms with Crippen LogP contribution in [-0.4, -0.2) is 22.4 Å². The van der Waals surface area contributed by atoms with Gasteiger partial charge in [-0.15, -0.1) is 0 Å². The second-order valence-electron chi connectivity index (χ2n) is 7.86. The molecule has 1 amide bonds. The van der Waals surface area contributed by atoms with E-state index in [2.05, 4.69) is 5.32 Å². The molecule has 0 aromatic heterocycles. The van der Waals surface area contributed by atoms with Gasteiger partial charge in [0.2, 0.25) is 0 Å². The van der Waals surface area contributed by atoms with Crippen LogP contribution >= 0.6 is 0 Å². The first-order valence-corrected chi connectivity index (χ1v) is 8.27. The molecule has 7 nitrogen and oxygen atoms in total. The Labute approximate surface area is 145 Å². The Kier molecular flexibility index (Phi) is 3.50. The van der Waals surface area contributed by atoms with Gasteiger partial charge >= 0.3 is 5.97 Å². The van der Waals surface area contributed by atoms with Crippen molar-refractivity contribution >= 4 is 23.3 Å². The van der Waals surface area contributed by atoms with Crippen LogP contribution in [0.4, 0.5) is 11.4 Å². The average molecular weight is 346 g/mol. The summed E-state index contributed by atoms with van der Waals surface area (Å²) in [5.41, 5.74) is -1.40. The SMILES string of the molecule is Cc1cc(C)c(NC(=O)[C@]23CC[C@](C)(C(=O)O2)C3(C)C)c([N+](=O)[O-])c1. The first-order chi connectivity index (χ1) is 11.5. The fourth-order valence-corrected chi connectivity index (χ4v) is 4.21. The highest BCUT2D eigenvalue weighted by Crippen LogP contribution is 2.65. The zero-order chi connectivity index (χ0) is 18.8. The molecule has 134 valence electrons. The first kappa shape index (κ1) is 17.4. The van der Waals surface area contributed by atoms with Crippen LogP contribution in [-0.2, 0) is 14.3 Å². The maximum absolute atomic E-state index is 13.1. The quantitative estimate of drug-likeness (QED) is 0.514. The molecule has 25 heavy (non-hydrogen) atoms. The molecule has 1 heterocycles. The van der Waals surface area contributed by atoms with Crippen molar-refractivity contribution in [1.29, 1.82) is 0 Å². The van der Waals surface area contributed by atoms with E-state index in [1.165, 1.54) is 6.07 Å². The Hall–Kier alpha value is -2.44. The van der Waals surface area contributed by atoms with Gasteiger partial charge in [-0.3, -0.25) is 19.7 Å². The summed E-state index contributed by atoms with van der Waals surface area (Å²) in [6, 6.07) is 3.19. The van der Waals surface area contributed by atoms with Gasteiger partial charge in [-0.2, -0.15) is 0 Å². The Balaban J connectivity index is 2.03. The van der Waals surface area contributed by atoms with E-state index in [0.29, 0.717) is 18.4 Å². The summed E-state index contributed by atoms with van der Waals surface area (Å²) in [5, 5.41) is 14.1. The number of nitro groups is 1. The minimum Gasteiger partial charge on any atom is -0.448 e. The van der Waals surface area contributed by atoms with Gasteiger partial charge in [0.05, 0.1) is 10.3 Å². The molecule has 7 heteroatoms. The number of hydrogen-bond acceptors (Lipinski definition) is 5. The van der Waals surface area contributed by atoms with E-state index in [1.54, 1.807) is 19.9 Å². The molecule has 1 aromatic rings. The van der Waals surface area contributed by atoms with Gasteiger partial charge in [0.25, 0.3) is 11.6 Å². The number of aryl methyl sites for hydroxylation is 2. The van der Waals surface area contributed by atoms with Crippen molar-refractivity contribution in [2.75, 3.05) is 5.32 Å². The van der Waals surface area contributed by atoms with E-state index in [9.17, 15) is 19.7 Å². The van der Waals surface area contributed by atoms with E-state index >= 15 is 0 Å². The average Bonchev–Trinajstić information content (AvgIpc) is 2.79.